The van der Waals surface area contributed by atoms with Crippen LogP contribution in [0.2, 0.25) is 0 Å². The molecule has 9 nitrogen and oxygen atoms in total. The van der Waals surface area contributed by atoms with Gasteiger partial charge in [-0.3, -0.25) is 9.27 Å². The van der Waals surface area contributed by atoms with E-state index in [1.165, 1.54) is 30.3 Å². The summed E-state index contributed by atoms with van der Waals surface area (Å²) < 4.78 is 88.1. The van der Waals surface area contributed by atoms with Crippen LogP contribution >= 0.6 is 0 Å². The number of hydrogen-bond acceptors (Lipinski definition) is 7. The van der Waals surface area contributed by atoms with Crippen molar-refractivity contribution in [2.24, 2.45) is 0 Å². The van der Waals surface area contributed by atoms with Gasteiger partial charge in [0.1, 0.15) is 4.90 Å². The van der Waals surface area contributed by atoms with Crippen molar-refractivity contribution in [2.45, 2.75) is 26.5 Å². The van der Waals surface area contributed by atoms with Gasteiger partial charge in [0.05, 0.1) is 26.1 Å². The number of fused-ring (bicyclic) bond motifs is 1. The van der Waals surface area contributed by atoms with Crippen molar-refractivity contribution in [3.63, 3.8) is 0 Å². The van der Waals surface area contributed by atoms with Crippen molar-refractivity contribution in [2.75, 3.05) is 10.5 Å². The van der Waals surface area contributed by atoms with E-state index in [1.807, 2.05) is 0 Å². The lowest BCUT2D eigenvalue weighted by Gasteiger charge is -2.14. The quantitative estimate of drug-likeness (QED) is 0.251. The van der Waals surface area contributed by atoms with E-state index in [-0.39, 0.29) is 26.6 Å². The van der Waals surface area contributed by atoms with Gasteiger partial charge in [-0.1, -0.05) is 48.0 Å². The number of hydrogen-bond donors (Lipinski definition) is 3. The maximum Gasteiger partial charge on any atom is 0.297 e. The molecule has 0 aliphatic carbocycles. The summed E-state index contributed by atoms with van der Waals surface area (Å²) in [6.45, 7) is 1.81. The lowest BCUT2D eigenvalue weighted by molar-refractivity contribution is 0.484. The zero-order valence-electron chi connectivity index (χ0n) is 18.2. The summed E-state index contributed by atoms with van der Waals surface area (Å²) in [5.74, 6) is 0. The number of benzene rings is 4. The maximum atomic E-state index is 13.0. The van der Waals surface area contributed by atoms with Crippen LogP contribution in [0.1, 0.15) is 5.56 Å². The molecule has 0 saturated heterocycles. The summed E-state index contributed by atoms with van der Waals surface area (Å²) in [5, 5.41) is 0.590. The SMILES string of the molecule is Cc1ccc(S(=O)(=O)c2ccc(S(=O)(=O)Nc3ccc4ccccc4c3S(=O)(=O)O)cc2N)cc1. The maximum absolute atomic E-state index is 13.0. The van der Waals surface area contributed by atoms with Gasteiger partial charge in [0.25, 0.3) is 20.1 Å². The van der Waals surface area contributed by atoms with Crippen molar-refractivity contribution in [1.82, 2.24) is 0 Å². The number of sulfone groups is 1. The molecule has 0 amide bonds. The van der Waals surface area contributed by atoms with Crippen molar-refractivity contribution >= 4 is 52.1 Å². The number of rotatable bonds is 6. The summed E-state index contributed by atoms with van der Waals surface area (Å²) in [5.41, 5.74) is 6.12. The van der Waals surface area contributed by atoms with E-state index in [9.17, 15) is 29.8 Å². The van der Waals surface area contributed by atoms with Gasteiger partial charge < -0.3 is 5.73 Å². The number of nitrogens with two attached hydrogens (primary N) is 1. The first-order valence-corrected chi connectivity index (χ1v) is 14.4. The summed E-state index contributed by atoms with van der Waals surface area (Å²) >= 11 is 0. The smallest absolute Gasteiger partial charge is 0.297 e. The van der Waals surface area contributed by atoms with Gasteiger partial charge >= 0.3 is 0 Å². The van der Waals surface area contributed by atoms with Crippen LogP contribution in [0, 0.1) is 6.92 Å². The number of nitrogens with one attached hydrogen (secondary N) is 1. The minimum Gasteiger partial charge on any atom is -0.398 e. The Hall–Kier alpha value is -3.45. The Morgan fingerprint density at radius 2 is 1.40 bits per heavy atom. The van der Waals surface area contributed by atoms with E-state index in [4.69, 9.17) is 5.73 Å². The molecular weight excluding hydrogens is 512 g/mol. The Balaban J connectivity index is 1.76. The average Bonchev–Trinajstić information content (AvgIpc) is 2.78. The van der Waals surface area contributed by atoms with Crippen molar-refractivity contribution in [1.29, 1.82) is 0 Å². The number of aryl methyl sites for hydroxylation is 1. The van der Waals surface area contributed by atoms with E-state index >= 15 is 0 Å². The topological polar surface area (TPSA) is 161 Å². The van der Waals surface area contributed by atoms with E-state index in [2.05, 4.69) is 4.72 Å². The lowest BCUT2D eigenvalue weighted by Crippen LogP contribution is -2.16. The van der Waals surface area contributed by atoms with Gasteiger partial charge in [0.2, 0.25) is 9.84 Å². The third-order valence-electron chi connectivity index (χ3n) is 5.29. The second-order valence-corrected chi connectivity index (χ2v) is 12.7. The second-order valence-electron chi connectivity index (χ2n) is 7.76. The number of anilines is 2. The van der Waals surface area contributed by atoms with Crippen LogP contribution in [0.4, 0.5) is 11.4 Å². The molecule has 0 radical (unpaired) electrons. The molecule has 0 heterocycles. The molecule has 0 atom stereocenters. The molecule has 0 aliphatic heterocycles. The fourth-order valence-corrected chi connectivity index (χ4v) is 6.98. The molecule has 0 aromatic heterocycles. The van der Waals surface area contributed by atoms with Crippen LogP contribution in [0.5, 0.6) is 0 Å². The first-order chi connectivity index (χ1) is 16.3. The van der Waals surface area contributed by atoms with Crippen LogP contribution < -0.4 is 10.5 Å². The molecule has 0 aliphatic rings. The molecule has 0 fully saturated rings. The minimum absolute atomic E-state index is 0.00232. The minimum atomic E-state index is -4.81. The fraction of sp³-hybridized carbons (Fsp3) is 0.0435. The average molecular weight is 533 g/mol. The Morgan fingerprint density at radius 3 is 2.03 bits per heavy atom. The summed E-state index contributed by atoms with van der Waals surface area (Å²) in [6.07, 6.45) is 0. The highest BCUT2D eigenvalue weighted by atomic mass is 32.2. The highest BCUT2D eigenvalue weighted by Gasteiger charge is 2.26. The number of sulfonamides is 1. The van der Waals surface area contributed by atoms with E-state index in [0.29, 0.717) is 5.39 Å². The molecule has 0 saturated carbocycles. The van der Waals surface area contributed by atoms with Crippen LogP contribution in [-0.2, 0) is 30.0 Å². The normalized spacial score (nSPS) is 12.5. The molecule has 0 bridgehead atoms. The Kier molecular flexibility index (Phi) is 6.09. The van der Waals surface area contributed by atoms with Gasteiger partial charge in [-0.2, -0.15) is 8.42 Å². The second kappa shape index (κ2) is 8.64. The first-order valence-electron chi connectivity index (χ1n) is 10.0. The predicted molar refractivity (Wildman–Crippen MR) is 132 cm³/mol. The Labute approximate surface area is 202 Å². The van der Waals surface area contributed by atoms with Gasteiger partial charge in [-0.05, 0) is 48.7 Å². The third-order valence-corrected chi connectivity index (χ3v) is 9.46. The molecular formula is C23H20N2O7S3. The van der Waals surface area contributed by atoms with Crippen LogP contribution in [0.3, 0.4) is 0 Å². The summed E-state index contributed by atoms with van der Waals surface area (Å²) in [7, 11) is -13.2. The van der Waals surface area contributed by atoms with E-state index < -0.39 is 39.8 Å². The van der Waals surface area contributed by atoms with Gasteiger partial charge in [0, 0.05) is 5.39 Å². The van der Waals surface area contributed by atoms with Crippen molar-refractivity contribution in [3.05, 3.63) is 84.4 Å². The van der Waals surface area contributed by atoms with E-state index in [1.54, 1.807) is 37.3 Å². The molecule has 0 unspecified atom stereocenters. The molecule has 4 rings (SSSR count). The molecule has 0 spiro atoms. The van der Waals surface area contributed by atoms with Gasteiger partial charge in [-0.25, -0.2) is 16.8 Å². The highest BCUT2D eigenvalue weighted by Crippen LogP contribution is 2.33. The summed E-state index contributed by atoms with van der Waals surface area (Å²) in [4.78, 5) is -1.28. The fourth-order valence-electron chi connectivity index (χ4n) is 3.59. The molecule has 182 valence electrons. The third kappa shape index (κ3) is 4.73. The Morgan fingerprint density at radius 1 is 0.771 bits per heavy atom. The Bertz CT molecular complexity index is 1780. The van der Waals surface area contributed by atoms with Crippen molar-refractivity contribution < 1.29 is 29.8 Å². The number of nitrogen functional groups attached to an aromatic ring is 1. The first kappa shape index (κ1) is 24.7. The summed E-state index contributed by atoms with van der Waals surface area (Å²) in [6, 6.07) is 18.1. The highest BCUT2D eigenvalue weighted by molar-refractivity contribution is 7.93. The van der Waals surface area contributed by atoms with Gasteiger partial charge in [-0.15, -0.1) is 0 Å². The van der Waals surface area contributed by atoms with Crippen molar-refractivity contribution in [3.8, 4) is 0 Å². The van der Waals surface area contributed by atoms with Crippen LogP contribution in [0.15, 0.2) is 98.4 Å². The van der Waals surface area contributed by atoms with Gasteiger partial charge in [0.15, 0.2) is 0 Å². The molecule has 4 aromatic rings. The standard InChI is InChI=1S/C23H20N2O7S3/c1-15-6-9-17(10-7-15)33(26,27)22-13-11-18(14-20(22)24)34(28,29)25-21-12-8-16-4-2-3-5-19(16)23(21)35(30,31)32/h2-14,25H,24H2,1H3,(H,30,31,32). The zero-order valence-corrected chi connectivity index (χ0v) is 20.7. The molecule has 35 heavy (non-hydrogen) atoms. The monoisotopic (exact) mass is 532 g/mol. The van der Waals surface area contributed by atoms with Crippen LogP contribution in [0.25, 0.3) is 10.8 Å². The molecule has 4 N–H and O–H groups in total. The largest absolute Gasteiger partial charge is 0.398 e. The predicted octanol–water partition coefficient (Wildman–Crippen LogP) is 3.61. The van der Waals surface area contributed by atoms with E-state index in [0.717, 1.165) is 23.8 Å². The molecule has 4 aromatic carbocycles. The molecule has 12 heteroatoms. The van der Waals surface area contributed by atoms with Crippen LogP contribution in [-0.4, -0.2) is 29.8 Å². The lowest BCUT2D eigenvalue weighted by atomic mass is 10.1. The zero-order chi connectivity index (χ0) is 25.6.